The van der Waals surface area contributed by atoms with E-state index in [1.54, 1.807) is 6.92 Å². The third kappa shape index (κ3) is 3.60. The summed E-state index contributed by atoms with van der Waals surface area (Å²) in [5.41, 5.74) is 0.231. The number of alkyl halides is 3. The molecular formula is C18H12F4N2O. The van der Waals surface area contributed by atoms with Gasteiger partial charge in [-0.15, -0.1) is 0 Å². The van der Waals surface area contributed by atoms with Gasteiger partial charge in [0.15, 0.2) is 0 Å². The highest BCUT2D eigenvalue weighted by Gasteiger charge is 2.30. The molecule has 0 fully saturated rings. The highest BCUT2D eigenvalue weighted by Crippen LogP contribution is 2.31. The van der Waals surface area contributed by atoms with Crippen LogP contribution < -0.4 is 5.32 Å². The van der Waals surface area contributed by atoms with Gasteiger partial charge in [0, 0.05) is 16.8 Å². The number of rotatable bonds is 2. The van der Waals surface area contributed by atoms with Gasteiger partial charge in [0.25, 0.3) is 5.91 Å². The van der Waals surface area contributed by atoms with E-state index in [0.29, 0.717) is 11.2 Å². The van der Waals surface area contributed by atoms with Crippen LogP contribution in [0.5, 0.6) is 0 Å². The predicted molar refractivity (Wildman–Crippen MR) is 85.8 cm³/mol. The average Bonchev–Trinajstić information content (AvgIpc) is 2.54. The summed E-state index contributed by atoms with van der Waals surface area (Å²) in [6.45, 7) is 1.67. The van der Waals surface area contributed by atoms with Gasteiger partial charge < -0.3 is 5.32 Å². The zero-order chi connectivity index (χ0) is 18.2. The van der Waals surface area contributed by atoms with Gasteiger partial charge in [0.1, 0.15) is 5.82 Å². The first-order valence-electron chi connectivity index (χ1n) is 7.29. The molecule has 0 aliphatic heterocycles. The van der Waals surface area contributed by atoms with Crippen molar-refractivity contribution in [1.82, 2.24) is 4.98 Å². The summed E-state index contributed by atoms with van der Waals surface area (Å²) in [7, 11) is 0. The summed E-state index contributed by atoms with van der Waals surface area (Å²) >= 11 is 0. The fourth-order valence-electron chi connectivity index (χ4n) is 2.49. The second-order valence-electron chi connectivity index (χ2n) is 5.51. The molecule has 3 nitrogen and oxygen atoms in total. The van der Waals surface area contributed by atoms with Crippen LogP contribution in [0, 0.1) is 12.7 Å². The number of carbonyl (C=O) groups excluding carboxylic acids is 1. The fraction of sp³-hybridized carbons (Fsp3) is 0.111. The number of aromatic nitrogens is 1. The maximum atomic E-state index is 13.5. The molecule has 128 valence electrons. The van der Waals surface area contributed by atoms with Crippen LogP contribution in [-0.2, 0) is 6.18 Å². The van der Waals surface area contributed by atoms with Gasteiger partial charge in [-0.25, -0.2) is 4.39 Å². The van der Waals surface area contributed by atoms with Crippen molar-refractivity contribution in [3.05, 3.63) is 71.2 Å². The van der Waals surface area contributed by atoms with Crippen LogP contribution in [0.4, 0.5) is 23.2 Å². The zero-order valence-corrected chi connectivity index (χ0v) is 13.0. The van der Waals surface area contributed by atoms with Gasteiger partial charge in [-0.05, 0) is 49.4 Å². The first-order valence-corrected chi connectivity index (χ1v) is 7.29. The number of hydrogen-bond donors (Lipinski definition) is 1. The van der Waals surface area contributed by atoms with Gasteiger partial charge >= 0.3 is 6.18 Å². The van der Waals surface area contributed by atoms with Crippen LogP contribution >= 0.6 is 0 Å². The summed E-state index contributed by atoms with van der Waals surface area (Å²) in [6.07, 6.45) is -4.51. The van der Waals surface area contributed by atoms with Crippen molar-refractivity contribution >= 4 is 22.5 Å². The van der Waals surface area contributed by atoms with Crippen LogP contribution in [-0.4, -0.2) is 10.9 Å². The van der Waals surface area contributed by atoms with Crippen molar-refractivity contribution in [3.8, 4) is 0 Å². The Kier molecular flexibility index (Phi) is 4.16. The van der Waals surface area contributed by atoms with E-state index in [2.05, 4.69) is 10.3 Å². The third-order valence-corrected chi connectivity index (χ3v) is 3.59. The molecule has 0 aliphatic rings. The summed E-state index contributed by atoms with van der Waals surface area (Å²) in [5, 5.41) is 2.71. The predicted octanol–water partition coefficient (Wildman–Crippen LogP) is 4.95. The minimum absolute atomic E-state index is 0.00107. The molecule has 1 N–H and O–H groups in total. The van der Waals surface area contributed by atoms with Crippen LogP contribution in [0.15, 0.2) is 48.5 Å². The number of amides is 1. The molecule has 0 saturated carbocycles. The van der Waals surface area contributed by atoms with E-state index >= 15 is 0 Å². The number of nitrogens with zero attached hydrogens (tertiary/aromatic N) is 1. The quantitative estimate of drug-likeness (QED) is 0.666. The van der Waals surface area contributed by atoms with E-state index in [-0.39, 0.29) is 16.6 Å². The third-order valence-electron chi connectivity index (χ3n) is 3.59. The van der Waals surface area contributed by atoms with E-state index in [1.165, 1.54) is 36.4 Å². The summed E-state index contributed by atoms with van der Waals surface area (Å²) in [6, 6.07) is 9.61. The molecule has 1 heterocycles. The molecule has 0 radical (unpaired) electrons. The standard InChI is InChI=1S/C18H12F4N2O/c1-10-7-15(14-9-12(19)5-6-16(14)23-10)17(25)24-13-4-2-3-11(8-13)18(20,21)22/h2-9H,1H3,(H,24,25). The van der Waals surface area contributed by atoms with Crippen LogP contribution in [0.2, 0.25) is 0 Å². The first kappa shape index (κ1) is 16.9. The Morgan fingerprint density at radius 1 is 1.08 bits per heavy atom. The number of hydrogen-bond acceptors (Lipinski definition) is 2. The Balaban J connectivity index is 2.00. The van der Waals surface area contributed by atoms with Crippen molar-refractivity contribution in [2.75, 3.05) is 5.32 Å². The molecule has 0 unspecified atom stereocenters. The topological polar surface area (TPSA) is 42.0 Å². The molecule has 1 aromatic heterocycles. The number of carbonyl (C=O) groups is 1. The van der Waals surface area contributed by atoms with Gasteiger partial charge in [-0.1, -0.05) is 6.07 Å². The Labute approximate surface area is 140 Å². The van der Waals surface area contributed by atoms with Crippen molar-refractivity contribution in [3.63, 3.8) is 0 Å². The lowest BCUT2D eigenvalue weighted by atomic mass is 10.1. The van der Waals surface area contributed by atoms with Crippen molar-refractivity contribution in [1.29, 1.82) is 0 Å². The maximum absolute atomic E-state index is 13.5. The lowest BCUT2D eigenvalue weighted by molar-refractivity contribution is -0.137. The number of aryl methyl sites for hydroxylation is 1. The molecule has 3 rings (SSSR count). The number of pyridine rings is 1. The van der Waals surface area contributed by atoms with E-state index in [1.807, 2.05) is 0 Å². The lowest BCUT2D eigenvalue weighted by Gasteiger charge is -2.11. The number of benzene rings is 2. The average molecular weight is 348 g/mol. The van der Waals surface area contributed by atoms with Gasteiger partial charge in [0.2, 0.25) is 0 Å². The van der Waals surface area contributed by atoms with E-state index in [9.17, 15) is 22.4 Å². The molecule has 3 aromatic rings. The number of nitrogens with one attached hydrogen (secondary N) is 1. The SMILES string of the molecule is Cc1cc(C(=O)Nc2cccc(C(F)(F)F)c2)c2cc(F)ccc2n1. The Bertz CT molecular complexity index is 967. The second kappa shape index (κ2) is 6.16. The Morgan fingerprint density at radius 2 is 1.84 bits per heavy atom. The molecule has 0 spiro atoms. The van der Waals surface area contributed by atoms with Gasteiger partial charge in [-0.2, -0.15) is 13.2 Å². The number of fused-ring (bicyclic) bond motifs is 1. The number of anilines is 1. The molecule has 7 heteroatoms. The Morgan fingerprint density at radius 3 is 2.56 bits per heavy atom. The largest absolute Gasteiger partial charge is 0.416 e. The van der Waals surface area contributed by atoms with E-state index in [0.717, 1.165) is 12.1 Å². The molecule has 0 bridgehead atoms. The number of halogens is 4. The second-order valence-corrected chi connectivity index (χ2v) is 5.51. The fourth-order valence-corrected chi connectivity index (χ4v) is 2.49. The van der Waals surface area contributed by atoms with Crippen molar-refractivity contribution in [2.24, 2.45) is 0 Å². The summed E-state index contributed by atoms with van der Waals surface area (Å²) in [4.78, 5) is 16.7. The van der Waals surface area contributed by atoms with Crippen LogP contribution in [0.25, 0.3) is 10.9 Å². The molecule has 0 saturated heterocycles. The van der Waals surface area contributed by atoms with Crippen LogP contribution in [0.3, 0.4) is 0 Å². The minimum atomic E-state index is -4.51. The monoisotopic (exact) mass is 348 g/mol. The van der Waals surface area contributed by atoms with Crippen LogP contribution in [0.1, 0.15) is 21.6 Å². The van der Waals surface area contributed by atoms with E-state index < -0.39 is 23.5 Å². The first-order chi connectivity index (χ1) is 11.7. The summed E-state index contributed by atoms with van der Waals surface area (Å²) < 4.78 is 51.8. The summed E-state index contributed by atoms with van der Waals surface area (Å²) in [5.74, 6) is -1.17. The van der Waals surface area contributed by atoms with Crippen molar-refractivity contribution in [2.45, 2.75) is 13.1 Å². The molecular weight excluding hydrogens is 336 g/mol. The molecule has 2 aromatic carbocycles. The lowest BCUT2D eigenvalue weighted by Crippen LogP contribution is -2.14. The smallest absolute Gasteiger partial charge is 0.322 e. The highest BCUT2D eigenvalue weighted by atomic mass is 19.4. The van der Waals surface area contributed by atoms with Gasteiger partial charge in [0.05, 0.1) is 16.6 Å². The molecule has 1 amide bonds. The molecule has 25 heavy (non-hydrogen) atoms. The maximum Gasteiger partial charge on any atom is 0.416 e. The minimum Gasteiger partial charge on any atom is -0.322 e. The normalized spacial score (nSPS) is 11.6. The highest BCUT2D eigenvalue weighted by molar-refractivity contribution is 6.12. The molecule has 0 aliphatic carbocycles. The van der Waals surface area contributed by atoms with Crippen molar-refractivity contribution < 1.29 is 22.4 Å². The Hall–Kier alpha value is -2.96. The van der Waals surface area contributed by atoms with E-state index in [4.69, 9.17) is 0 Å². The van der Waals surface area contributed by atoms with Gasteiger partial charge in [-0.3, -0.25) is 9.78 Å². The molecule has 0 atom stereocenters. The zero-order valence-electron chi connectivity index (χ0n) is 13.0.